The molecule has 132 valence electrons. The fourth-order valence-corrected chi connectivity index (χ4v) is 4.53. The van der Waals surface area contributed by atoms with Crippen molar-refractivity contribution in [1.82, 2.24) is 15.2 Å². The Labute approximate surface area is 147 Å². The molecule has 25 heavy (non-hydrogen) atoms. The third-order valence-electron chi connectivity index (χ3n) is 5.75. The van der Waals surface area contributed by atoms with Crippen molar-refractivity contribution in [3.05, 3.63) is 46.2 Å². The molecule has 5 heteroatoms. The maximum absolute atomic E-state index is 12.7. The van der Waals surface area contributed by atoms with Crippen molar-refractivity contribution < 1.29 is 4.79 Å². The molecule has 2 aliphatic rings. The highest BCUT2D eigenvalue weighted by atomic mass is 16.2. The number of aromatic amines is 1. The molecule has 1 aromatic carbocycles. The van der Waals surface area contributed by atoms with Crippen LogP contribution in [0.5, 0.6) is 0 Å². The summed E-state index contributed by atoms with van der Waals surface area (Å²) in [6.07, 6.45) is 6.23. The monoisotopic (exact) mass is 339 g/mol. The number of piperidine rings is 2. The summed E-state index contributed by atoms with van der Waals surface area (Å²) in [7, 11) is 0. The number of carbonyl (C=O) groups is 1. The highest BCUT2D eigenvalue weighted by Crippen LogP contribution is 2.30. The molecular weight excluding hydrogens is 314 g/mol. The van der Waals surface area contributed by atoms with Gasteiger partial charge in [-0.2, -0.15) is 0 Å². The van der Waals surface area contributed by atoms with E-state index in [9.17, 15) is 9.59 Å². The highest BCUT2D eigenvalue weighted by Gasteiger charge is 2.33. The van der Waals surface area contributed by atoms with Crippen molar-refractivity contribution in [2.24, 2.45) is 5.92 Å². The SMILES string of the molecule is O=C(NC[C@@H]1CCCN2CCCC[C@H]12)c1cc(=O)[nH]c2ccccc12. The fraction of sp³-hybridized carbons (Fsp3) is 0.500. The lowest BCUT2D eigenvalue weighted by atomic mass is 9.83. The van der Waals surface area contributed by atoms with Gasteiger partial charge in [0, 0.05) is 29.6 Å². The quantitative estimate of drug-likeness (QED) is 0.903. The van der Waals surface area contributed by atoms with E-state index in [4.69, 9.17) is 0 Å². The predicted octanol–water partition coefficient (Wildman–Crippen LogP) is 2.52. The molecule has 2 saturated heterocycles. The molecule has 2 atom stereocenters. The van der Waals surface area contributed by atoms with Gasteiger partial charge in [0.15, 0.2) is 0 Å². The molecule has 2 aromatic rings. The predicted molar refractivity (Wildman–Crippen MR) is 98.8 cm³/mol. The average molecular weight is 339 g/mol. The summed E-state index contributed by atoms with van der Waals surface area (Å²) in [5, 5.41) is 3.90. The summed E-state index contributed by atoms with van der Waals surface area (Å²) in [6.45, 7) is 3.10. The van der Waals surface area contributed by atoms with Crippen molar-refractivity contribution in [1.29, 1.82) is 0 Å². The number of nitrogens with zero attached hydrogens (tertiary/aromatic N) is 1. The van der Waals surface area contributed by atoms with Gasteiger partial charge >= 0.3 is 0 Å². The molecule has 0 spiro atoms. The second-order valence-electron chi connectivity index (χ2n) is 7.30. The van der Waals surface area contributed by atoms with Gasteiger partial charge in [-0.3, -0.25) is 9.59 Å². The number of H-pyrrole nitrogens is 1. The maximum Gasteiger partial charge on any atom is 0.252 e. The molecular formula is C20H25N3O2. The summed E-state index contributed by atoms with van der Waals surface area (Å²) in [5.74, 6) is 0.376. The normalized spacial score (nSPS) is 24.0. The van der Waals surface area contributed by atoms with Gasteiger partial charge in [-0.25, -0.2) is 0 Å². The standard InChI is InChI=1S/C20H25N3O2/c24-19-12-16(15-7-1-2-8-17(15)22-19)20(25)21-13-14-6-5-11-23-10-4-3-9-18(14)23/h1-2,7-8,12,14,18H,3-6,9-11,13H2,(H,21,25)(H,22,24)/t14-,18+/m0/s1. The van der Waals surface area contributed by atoms with Crippen molar-refractivity contribution in [3.8, 4) is 0 Å². The molecule has 0 aliphatic carbocycles. The number of carbonyl (C=O) groups excluding carboxylic acids is 1. The number of rotatable bonds is 3. The molecule has 2 N–H and O–H groups in total. The van der Waals surface area contributed by atoms with Gasteiger partial charge in [-0.05, 0) is 50.8 Å². The minimum absolute atomic E-state index is 0.143. The van der Waals surface area contributed by atoms with E-state index in [0.29, 0.717) is 29.6 Å². The Kier molecular flexibility index (Phi) is 4.57. The van der Waals surface area contributed by atoms with Crippen LogP contribution in [0.25, 0.3) is 10.9 Å². The van der Waals surface area contributed by atoms with Gasteiger partial charge < -0.3 is 15.2 Å². The first-order chi connectivity index (χ1) is 12.2. The second kappa shape index (κ2) is 7.00. The topological polar surface area (TPSA) is 65.2 Å². The summed E-state index contributed by atoms with van der Waals surface area (Å²) in [4.78, 5) is 30.0. The molecule has 2 aliphatic heterocycles. The number of amides is 1. The number of fused-ring (bicyclic) bond motifs is 2. The first kappa shape index (κ1) is 16.3. The van der Waals surface area contributed by atoms with Crippen molar-refractivity contribution >= 4 is 16.8 Å². The van der Waals surface area contributed by atoms with E-state index in [-0.39, 0.29) is 11.5 Å². The first-order valence-electron chi connectivity index (χ1n) is 9.37. The lowest BCUT2D eigenvalue weighted by molar-refractivity contribution is 0.0576. The lowest BCUT2D eigenvalue weighted by Gasteiger charge is -2.44. The van der Waals surface area contributed by atoms with Crippen molar-refractivity contribution in [2.45, 2.75) is 38.1 Å². The molecule has 4 rings (SSSR count). The van der Waals surface area contributed by atoms with Crippen LogP contribution in [0.1, 0.15) is 42.5 Å². The number of para-hydroxylation sites is 1. The van der Waals surface area contributed by atoms with Gasteiger partial charge in [0.1, 0.15) is 0 Å². The van der Waals surface area contributed by atoms with E-state index in [0.717, 1.165) is 5.39 Å². The van der Waals surface area contributed by atoms with E-state index < -0.39 is 0 Å². The van der Waals surface area contributed by atoms with Gasteiger partial charge in [0.05, 0.1) is 5.56 Å². The lowest BCUT2D eigenvalue weighted by Crippen LogP contribution is -2.51. The maximum atomic E-state index is 12.7. The third-order valence-corrected chi connectivity index (χ3v) is 5.75. The van der Waals surface area contributed by atoms with Gasteiger partial charge in [0.25, 0.3) is 5.91 Å². The van der Waals surface area contributed by atoms with E-state index >= 15 is 0 Å². The van der Waals surface area contributed by atoms with Crippen molar-refractivity contribution in [3.63, 3.8) is 0 Å². The molecule has 5 nitrogen and oxygen atoms in total. The van der Waals surface area contributed by atoms with Crippen LogP contribution in [0.4, 0.5) is 0 Å². The molecule has 1 amide bonds. The van der Waals surface area contributed by atoms with Gasteiger partial charge in [-0.1, -0.05) is 24.6 Å². The molecule has 3 heterocycles. The van der Waals surface area contributed by atoms with Crippen LogP contribution in [0.2, 0.25) is 0 Å². The third kappa shape index (κ3) is 3.33. The van der Waals surface area contributed by atoms with Gasteiger partial charge in [0.2, 0.25) is 5.56 Å². The number of benzene rings is 1. The molecule has 0 unspecified atom stereocenters. The smallest absolute Gasteiger partial charge is 0.252 e. The average Bonchev–Trinajstić information content (AvgIpc) is 2.65. The zero-order chi connectivity index (χ0) is 17.2. The fourth-order valence-electron chi connectivity index (χ4n) is 4.53. The minimum Gasteiger partial charge on any atom is -0.352 e. The van der Waals surface area contributed by atoms with Crippen LogP contribution in [-0.4, -0.2) is 41.5 Å². The largest absolute Gasteiger partial charge is 0.352 e. The zero-order valence-corrected chi connectivity index (χ0v) is 14.5. The molecule has 0 saturated carbocycles. The number of nitrogens with one attached hydrogen (secondary N) is 2. The summed E-state index contributed by atoms with van der Waals surface area (Å²) in [6, 6.07) is 9.47. The van der Waals surface area contributed by atoms with E-state index in [1.54, 1.807) is 0 Å². The number of hydrogen-bond acceptors (Lipinski definition) is 3. The van der Waals surface area contributed by atoms with Crippen LogP contribution < -0.4 is 10.9 Å². The Hall–Kier alpha value is -2.14. The van der Waals surface area contributed by atoms with Crippen LogP contribution in [0.3, 0.4) is 0 Å². The minimum atomic E-state index is -0.236. The van der Waals surface area contributed by atoms with Crippen LogP contribution in [0, 0.1) is 5.92 Å². The van der Waals surface area contributed by atoms with E-state index in [1.165, 1.54) is 51.3 Å². The van der Waals surface area contributed by atoms with E-state index in [1.807, 2.05) is 24.3 Å². The molecule has 0 bridgehead atoms. The zero-order valence-electron chi connectivity index (χ0n) is 14.5. The van der Waals surface area contributed by atoms with Crippen molar-refractivity contribution in [2.75, 3.05) is 19.6 Å². The van der Waals surface area contributed by atoms with Crippen LogP contribution in [-0.2, 0) is 0 Å². The van der Waals surface area contributed by atoms with Crippen LogP contribution >= 0.6 is 0 Å². The molecule has 0 radical (unpaired) electrons. The van der Waals surface area contributed by atoms with Gasteiger partial charge in [-0.15, -0.1) is 0 Å². The Balaban J connectivity index is 1.50. The van der Waals surface area contributed by atoms with E-state index in [2.05, 4.69) is 15.2 Å². The highest BCUT2D eigenvalue weighted by molar-refractivity contribution is 6.05. The number of aromatic nitrogens is 1. The Morgan fingerprint density at radius 2 is 2.00 bits per heavy atom. The second-order valence-corrected chi connectivity index (χ2v) is 7.30. The first-order valence-corrected chi connectivity index (χ1v) is 9.37. The summed E-state index contributed by atoms with van der Waals surface area (Å²) in [5.41, 5.74) is 0.937. The summed E-state index contributed by atoms with van der Waals surface area (Å²) < 4.78 is 0. The summed E-state index contributed by atoms with van der Waals surface area (Å²) >= 11 is 0. The molecule has 2 fully saturated rings. The van der Waals surface area contributed by atoms with Crippen LogP contribution in [0.15, 0.2) is 35.1 Å². The Bertz CT molecular complexity index is 827. The Morgan fingerprint density at radius 1 is 1.16 bits per heavy atom. The molecule has 1 aromatic heterocycles. The Morgan fingerprint density at radius 3 is 2.92 bits per heavy atom. The number of hydrogen-bond donors (Lipinski definition) is 2. The number of pyridine rings is 1.